The van der Waals surface area contributed by atoms with Crippen molar-refractivity contribution in [2.24, 2.45) is 0 Å². The van der Waals surface area contributed by atoms with Gasteiger partial charge in [-0.25, -0.2) is 0 Å². The first kappa shape index (κ1) is 13.7. The third kappa shape index (κ3) is 2.81. The normalized spacial score (nSPS) is 9.60. The quantitative estimate of drug-likeness (QED) is 0.470. The first-order valence-corrected chi connectivity index (χ1v) is 6.18. The van der Waals surface area contributed by atoms with Crippen molar-refractivity contribution >= 4 is 17.6 Å². The Labute approximate surface area is 118 Å². The second-order valence-electron chi connectivity index (χ2n) is 4.15. The second kappa shape index (κ2) is 6.43. The van der Waals surface area contributed by atoms with Crippen LogP contribution in [-0.2, 0) is 9.59 Å². The second-order valence-corrected chi connectivity index (χ2v) is 4.15. The highest BCUT2D eigenvalue weighted by Crippen LogP contribution is 2.26. The van der Waals surface area contributed by atoms with E-state index in [0.29, 0.717) is 5.57 Å². The van der Waals surface area contributed by atoms with Gasteiger partial charge in [-0.3, -0.25) is 9.59 Å². The van der Waals surface area contributed by atoms with Gasteiger partial charge >= 0.3 is 0 Å². The van der Waals surface area contributed by atoms with Gasteiger partial charge in [-0.05, 0) is 17.2 Å². The average molecular weight is 261 g/mol. The number of carbonyl (C=O) groups is 1. The van der Waals surface area contributed by atoms with Crippen LogP contribution >= 0.6 is 0 Å². The lowest BCUT2D eigenvalue weighted by atomic mass is 9.92. The van der Waals surface area contributed by atoms with Crippen LogP contribution in [0.4, 0.5) is 0 Å². The first-order chi connectivity index (χ1) is 9.77. The minimum absolute atomic E-state index is 0.00241. The lowest BCUT2D eigenvalue weighted by Gasteiger charge is -2.10. The van der Waals surface area contributed by atoms with Gasteiger partial charge in [0.25, 0.3) is 0 Å². The zero-order valence-corrected chi connectivity index (χ0v) is 10.9. The fourth-order valence-corrected chi connectivity index (χ4v) is 1.99. The highest BCUT2D eigenvalue weighted by atomic mass is 16.1. The summed E-state index contributed by atoms with van der Waals surface area (Å²) in [5, 5.41) is 0. The number of carbonyl (C=O) groups excluding carboxylic acids is 2. The van der Waals surface area contributed by atoms with E-state index in [2.05, 4.69) is 6.58 Å². The van der Waals surface area contributed by atoms with Crippen molar-refractivity contribution in [2.75, 3.05) is 0 Å². The Morgan fingerprint density at radius 1 is 0.900 bits per heavy atom. The Balaban J connectivity index is 2.73. The summed E-state index contributed by atoms with van der Waals surface area (Å²) in [6, 6.07) is 18.6. The van der Waals surface area contributed by atoms with E-state index in [1.807, 2.05) is 60.7 Å². The van der Waals surface area contributed by atoms with E-state index in [1.165, 1.54) is 0 Å². The molecule has 0 N–H and O–H groups in total. The molecule has 20 heavy (non-hydrogen) atoms. The maximum absolute atomic E-state index is 11.9. The fourth-order valence-electron chi connectivity index (χ4n) is 1.99. The Bertz CT molecular complexity index is 611. The van der Waals surface area contributed by atoms with Crippen molar-refractivity contribution in [2.45, 2.75) is 0 Å². The average Bonchev–Trinajstić information content (AvgIpc) is 2.53. The van der Waals surface area contributed by atoms with Crippen molar-refractivity contribution < 1.29 is 9.59 Å². The molecule has 0 aliphatic heterocycles. The fraction of sp³-hybridized carbons (Fsp3) is 0. The zero-order valence-electron chi connectivity index (χ0n) is 10.9. The first-order valence-electron chi connectivity index (χ1n) is 6.18. The number of hydrogen-bond acceptors (Lipinski definition) is 2. The van der Waals surface area contributed by atoms with Gasteiger partial charge < -0.3 is 0 Å². The van der Waals surface area contributed by atoms with E-state index in [-0.39, 0.29) is 5.57 Å². The van der Waals surface area contributed by atoms with Crippen LogP contribution in [-0.4, -0.2) is 12.1 Å². The van der Waals surface area contributed by atoms with E-state index >= 15 is 0 Å². The van der Waals surface area contributed by atoms with Crippen molar-refractivity contribution in [3.8, 4) is 0 Å². The number of allylic oxidation sites excluding steroid dienone is 2. The molecule has 0 spiro atoms. The molecule has 1 radical (unpaired) electrons. The summed E-state index contributed by atoms with van der Waals surface area (Å²) in [6.07, 6.45) is 2.89. The van der Waals surface area contributed by atoms with Gasteiger partial charge in [0.15, 0.2) is 5.78 Å². The minimum Gasteiger partial charge on any atom is -0.289 e. The molecular formula is C18H13O2. The van der Waals surface area contributed by atoms with E-state index in [9.17, 15) is 9.59 Å². The van der Waals surface area contributed by atoms with Gasteiger partial charge in [0.1, 0.15) is 0 Å². The van der Waals surface area contributed by atoms with Gasteiger partial charge in [0.2, 0.25) is 6.29 Å². The summed E-state index contributed by atoms with van der Waals surface area (Å²) < 4.78 is 0. The molecule has 97 valence electrons. The van der Waals surface area contributed by atoms with E-state index < -0.39 is 5.78 Å². The molecule has 2 heteroatoms. The number of hydrogen-bond donors (Lipinski definition) is 0. The van der Waals surface area contributed by atoms with E-state index in [4.69, 9.17) is 0 Å². The molecule has 0 saturated heterocycles. The third-order valence-electron chi connectivity index (χ3n) is 2.91. The predicted molar refractivity (Wildman–Crippen MR) is 79.8 cm³/mol. The Morgan fingerprint density at radius 2 is 1.35 bits per heavy atom. The van der Waals surface area contributed by atoms with Crippen LogP contribution in [0.3, 0.4) is 0 Å². The Kier molecular flexibility index (Phi) is 4.40. The number of rotatable bonds is 5. The van der Waals surface area contributed by atoms with Crippen molar-refractivity contribution in [1.29, 1.82) is 0 Å². The Hall–Kier alpha value is -2.74. The summed E-state index contributed by atoms with van der Waals surface area (Å²) in [6.45, 7) is 3.44. The minimum atomic E-state index is -0.428. The molecule has 2 aromatic rings. The predicted octanol–water partition coefficient (Wildman–Crippen LogP) is 3.35. The molecule has 2 aromatic carbocycles. The summed E-state index contributed by atoms with van der Waals surface area (Å²) in [5.74, 6) is -0.428. The molecule has 0 atom stereocenters. The van der Waals surface area contributed by atoms with Crippen LogP contribution < -0.4 is 0 Å². The largest absolute Gasteiger partial charge is 0.289 e. The Morgan fingerprint density at radius 3 is 1.70 bits per heavy atom. The van der Waals surface area contributed by atoms with E-state index in [1.54, 1.807) is 6.29 Å². The smallest absolute Gasteiger partial charge is 0.238 e. The summed E-state index contributed by atoms with van der Waals surface area (Å²) in [7, 11) is 0. The van der Waals surface area contributed by atoms with Gasteiger partial charge in [-0.1, -0.05) is 67.2 Å². The summed E-state index contributed by atoms with van der Waals surface area (Å²) in [5.41, 5.74) is 2.17. The van der Waals surface area contributed by atoms with Crippen molar-refractivity contribution in [3.05, 3.63) is 90.0 Å². The van der Waals surface area contributed by atoms with Crippen LogP contribution in [0, 0.1) is 0 Å². The molecule has 0 saturated carbocycles. The van der Waals surface area contributed by atoms with E-state index in [0.717, 1.165) is 17.2 Å². The number of benzene rings is 2. The van der Waals surface area contributed by atoms with Crippen LogP contribution in [0.5, 0.6) is 0 Å². The van der Waals surface area contributed by atoms with Crippen LogP contribution in [0.2, 0.25) is 0 Å². The number of ketones is 1. The van der Waals surface area contributed by atoms with Crippen LogP contribution in [0.1, 0.15) is 11.1 Å². The maximum Gasteiger partial charge on any atom is 0.238 e. The molecule has 0 bridgehead atoms. The molecule has 0 aliphatic rings. The summed E-state index contributed by atoms with van der Waals surface area (Å²) in [4.78, 5) is 23.1. The standard InChI is InChI=1S/C18H13O2/c1-2-17(20)16(13-19)18(14-9-5-3-6-10-14)15-11-7-4-8-12-15/h2-12H,1H2. The molecule has 0 unspecified atom stereocenters. The van der Waals surface area contributed by atoms with Gasteiger partial charge in [-0.15, -0.1) is 0 Å². The molecule has 0 aliphatic carbocycles. The van der Waals surface area contributed by atoms with Crippen LogP contribution in [0.15, 0.2) is 78.9 Å². The molecule has 2 nitrogen and oxygen atoms in total. The van der Waals surface area contributed by atoms with Crippen molar-refractivity contribution in [1.82, 2.24) is 0 Å². The van der Waals surface area contributed by atoms with Gasteiger partial charge in [0, 0.05) is 5.57 Å². The maximum atomic E-state index is 11.9. The monoisotopic (exact) mass is 261 g/mol. The highest BCUT2D eigenvalue weighted by Gasteiger charge is 2.16. The summed E-state index contributed by atoms with van der Waals surface area (Å²) >= 11 is 0. The van der Waals surface area contributed by atoms with Gasteiger partial charge in [-0.2, -0.15) is 0 Å². The van der Waals surface area contributed by atoms with Crippen LogP contribution in [0.25, 0.3) is 5.57 Å². The lowest BCUT2D eigenvalue weighted by molar-refractivity contribution is -0.110. The molecule has 0 amide bonds. The SMILES string of the molecule is C=CC(=O)C([C]=O)=C(c1ccccc1)c1ccccc1. The van der Waals surface area contributed by atoms with Gasteiger partial charge in [0.05, 0.1) is 5.57 Å². The highest BCUT2D eigenvalue weighted by molar-refractivity contribution is 6.23. The van der Waals surface area contributed by atoms with Crippen molar-refractivity contribution in [3.63, 3.8) is 0 Å². The molecule has 2 rings (SSSR count). The molecular weight excluding hydrogens is 248 g/mol. The zero-order chi connectivity index (χ0) is 14.4. The third-order valence-corrected chi connectivity index (χ3v) is 2.91. The molecule has 0 heterocycles. The molecule has 0 fully saturated rings. The topological polar surface area (TPSA) is 34.1 Å². The molecule has 0 aromatic heterocycles. The lowest BCUT2D eigenvalue weighted by Crippen LogP contribution is -2.05.